The van der Waals surface area contributed by atoms with Crippen LogP contribution < -0.4 is 5.32 Å². The second-order valence-electron chi connectivity index (χ2n) is 3.94. The van der Waals surface area contributed by atoms with Crippen LogP contribution in [0.3, 0.4) is 0 Å². The summed E-state index contributed by atoms with van der Waals surface area (Å²) < 4.78 is 4.10. The first kappa shape index (κ1) is 13.4. The highest BCUT2D eigenvalue weighted by atomic mass is 127. The molecule has 0 saturated heterocycles. The molecule has 0 bridgehead atoms. The van der Waals surface area contributed by atoms with E-state index >= 15 is 0 Å². The van der Waals surface area contributed by atoms with Gasteiger partial charge in [0.15, 0.2) is 0 Å². The number of nitrogens with one attached hydrogen (secondary N) is 1. The minimum absolute atomic E-state index is 0.678. The molecule has 3 nitrogen and oxygen atoms in total. The number of halogens is 2. The van der Waals surface area contributed by atoms with Crippen molar-refractivity contribution >= 4 is 44.2 Å². The van der Waals surface area contributed by atoms with Gasteiger partial charge in [-0.15, -0.1) is 0 Å². The molecule has 2 rings (SSSR count). The van der Waals surface area contributed by atoms with Crippen molar-refractivity contribution in [3.05, 3.63) is 49.8 Å². The molecular formula is C13H11BrIN3. The van der Waals surface area contributed by atoms with Crippen molar-refractivity contribution in [2.75, 3.05) is 5.32 Å². The SMILES string of the molecule is Cn1cc(CNc2ccc(Br)c(I)c2)cc1C#N. The Balaban J connectivity index is 2.07. The number of benzene rings is 1. The van der Waals surface area contributed by atoms with Crippen LogP contribution in [0.25, 0.3) is 0 Å². The molecule has 0 radical (unpaired) electrons. The van der Waals surface area contributed by atoms with Crippen molar-refractivity contribution in [1.29, 1.82) is 5.26 Å². The van der Waals surface area contributed by atoms with Crippen molar-refractivity contribution in [2.45, 2.75) is 6.54 Å². The normalized spacial score (nSPS) is 10.1. The van der Waals surface area contributed by atoms with Crippen LogP contribution in [-0.4, -0.2) is 4.57 Å². The smallest absolute Gasteiger partial charge is 0.120 e. The lowest BCUT2D eigenvalue weighted by Crippen LogP contribution is -1.98. The zero-order valence-electron chi connectivity index (χ0n) is 9.74. The standard InChI is InChI=1S/C13H11BrIN3/c1-18-8-9(4-11(18)6-16)7-17-10-2-3-12(14)13(15)5-10/h2-5,8,17H,7H2,1H3. The third-order valence-corrected chi connectivity index (χ3v) is 4.92. The monoisotopic (exact) mass is 415 g/mol. The van der Waals surface area contributed by atoms with Crippen LogP contribution in [0.5, 0.6) is 0 Å². The Morgan fingerprint density at radius 2 is 2.22 bits per heavy atom. The third kappa shape index (κ3) is 3.06. The molecule has 1 aromatic carbocycles. The molecular weight excluding hydrogens is 405 g/mol. The van der Waals surface area contributed by atoms with E-state index in [1.54, 1.807) is 0 Å². The molecule has 0 unspecified atom stereocenters. The maximum Gasteiger partial charge on any atom is 0.120 e. The fourth-order valence-electron chi connectivity index (χ4n) is 1.65. The summed E-state index contributed by atoms with van der Waals surface area (Å²) in [5.74, 6) is 0. The van der Waals surface area contributed by atoms with Crippen molar-refractivity contribution < 1.29 is 0 Å². The van der Waals surface area contributed by atoms with Gasteiger partial charge in [0.05, 0.1) is 0 Å². The highest BCUT2D eigenvalue weighted by Gasteiger charge is 2.03. The number of nitriles is 1. The molecule has 0 fully saturated rings. The van der Waals surface area contributed by atoms with Crippen LogP contribution >= 0.6 is 38.5 Å². The van der Waals surface area contributed by atoms with Gasteiger partial charge in [0.2, 0.25) is 0 Å². The maximum absolute atomic E-state index is 8.89. The Bertz CT molecular complexity index is 613. The third-order valence-electron chi connectivity index (χ3n) is 2.59. The molecule has 1 aromatic heterocycles. The number of hydrogen-bond donors (Lipinski definition) is 1. The highest BCUT2D eigenvalue weighted by molar-refractivity contribution is 14.1. The molecule has 92 valence electrons. The largest absolute Gasteiger partial charge is 0.381 e. The molecule has 0 amide bonds. The van der Waals surface area contributed by atoms with E-state index in [-0.39, 0.29) is 0 Å². The molecule has 1 heterocycles. The minimum atomic E-state index is 0.678. The summed E-state index contributed by atoms with van der Waals surface area (Å²) in [7, 11) is 1.88. The fraction of sp³-hybridized carbons (Fsp3) is 0.154. The Labute approximate surface area is 128 Å². The van der Waals surface area contributed by atoms with Gasteiger partial charge in [-0.05, 0) is 68.3 Å². The van der Waals surface area contributed by atoms with Crippen LogP contribution in [0.2, 0.25) is 0 Å². The first-order valence-electron chi connectivity index (χ1n) is 5.34. The van der Waals surface area contributed by atoms with Crippen molar-refractivity contribution in [1.82, 2.24) is 4.57 Å². The van der Waals surface area contributed by atoms with Gasteiger partial charge < -0.3 is 9.88 Å². The van der Waals surface area contributed by atoms with E-state index in [9.17, 15) is 0 Å². The van der Waals surface area contributed by atoms with Crippen molar-refractivity contribution in [2.24, 2.45) is 7.05 Å². The van der Waals surface area contributed by atoms with Gasteiger partial charge in [0.25, 0.3) is 0 Å². The van der Waals surface area contributed by atoms with Crippen LogP contribution in [0.4, 0.5) is 5.69 Å². The van der Waals surface area contributed by atoms with E-state index in [1.807, 2.05) is 36.0 Å². The molecule has 0 spiro atoms. The molecule has 5 heteroatoms. The number of nitrogens with zero attached hydrogens (tertiary/aromatic N) is 2. The van der Waals surface area contributed by atoms with Gasteiger partial charge in [-0.3, -0.25) is 0 Å². The minimum Gasteiger partial charge on any atom is -0.381 e. The Morgan fingerprint density at radius 1 is 1.44 bits per heavy atom. The molecule has 0 aliphatic rings. The van der Waals surface area contributed by atoms with Crippen molar-refractivity contribution in [3.63, 3.8) is 0 Å². The predicted molar refractivity (Wildman–Crippen MR) is 84.3 cm³/mol. The molecule has 1 N–H and O–H groups in total. The summed E-state index contributed by atoms with van der Waals surface area (Å²) in [4.78, 5) is 0. The quantitative estimate of drug-likeness (QED) is 0.773. The molecule has 18 heavy (non-hydrogen) atoms. The highest BCUT2D eigenvalue weighted by Crippen LogP contribution is 2.23. The van der Waals surface area contributed by atoms with Gasteiger partial charge in [-0.1, -0.05) is 0 Å². The molecule has 2 aromatic rings. The summed E-state index contributed by atoms with van der Waals surface area (Å²) in [6.45, 7) is 0.716. The van der Waals surface area contributed by atoms with Crippen LogP contribution in [0.15, 0.2) is 34.9 Å². The van der Waals surface area contributed by atoms with Gasteiger partial charge in [-0.25, -0.2) is 0 Å². The summed E-state index contributed by atoms with van der Waals surface area (Å²) in [6, 6.07) is 10.2. The van der Waals surface area contributed by atoms with Crippen LogP contribution in [0.1, 0.15) is 11.3 Å². The van der Waals surface area contributed by atoms with Gasteiger partial charge in [0, 0.05) is 33.5 Å². The first-order valence-corrected chi connectivity index (χ1v) is 7.21. The van der Waals surface area contributed by atoms with Gasteiger partial charge in [0.1, 0.15) is 11.8 Å². The zero-order chi connectivity index (χ0) is 13.1. The summed E-state index contributed by atoms with van der Waals surface area (Å²) >= 11 is 5.76. The second kappa shape index (κ2) is 5.76. The lowest BCUT2D eigenvalue weighted by atomic mass is 10.3. The zero-order valence-corrected chi connectivity index (χ0v) is 13.5. The predicted octanol–water partition coefficient (Wildman–Crippen LogP) is 3.88. The van der Waals surface area contributed by atoms with E-state index in [0.717, 1.165) is 15.7 Å². The van der Waals surface area contributed by atoms with E-state index in [0.29, 0.717) is 12.2 Å². The summed E-state index contributed by atoms with van der Waals surface area (Å²) in [6.07, 6.45) is 1.97. The van der Waals surface area contributed by atoms with E-state index < -0.39 is 0 Å². The van der Waals surface area contributed by atoms with Crippen molar-refractivity contribution in [3.8, 4) is 6.07 Å². The summed E-state index contributed by atoms with van der Waals surface area (Å²) in [5, 5.41) is 12.2. The van der Waals surface area contributed by atoms with Gasteiger partial charge >= 0.3 is 0 Å². The number of hydrogen-bond acceptors (Lipinski definition) is 2. The van der Waals surface area contributed by atoms with Crippen LogP contribution in [0, 0.1) is 14.9 Å². The molecule has 0 saturated carbocycles. The fourth-order valence-corrected chi connectivity index (χ4v) is 2.41. The molecule has 0 aliphatic carbocycles. The first-order chi connectivity index (χ1) is 8.60. The topological polar surface area (TPSA) is 40.8 Å². The lowest BCUT2D eigenvalue weighted by Gasteiger charge is -2.06. The number of anilines is 1. The average Bonchev–Trinajstić information content (AvgIpc) is 2.71. The molecule has 0 aliphatic heterocycles. The average molecular weight is 416 g/mol. The van der Waals surface area contributed by atoms with Gasteiger partial charge in [-0.2, -0.15) is 5.26 Å². The molecule has 0 atom stereocenters. The van der Waals surface area contributed by atoms with E-state index in [4.69, 9.17) is 5.26 Å². The van der Waals surface area contributed by atoms with E-state index in [2.05, 4.69) is 56.0 Å². The van der Waals surface area contributed by atoms with E-state index in [1.165, 1.54) is 3.57 Å². The Hall–Kier alpha value is -1.00. The lowest BCUT2D eigenvalue weighted by molar-refractivity contribution is 0.902. The Morgan fingerprint density at radius 3 is 2.83 bits per heavy atom. The summed E-state index contributed by atoms with van der Waals surface area (Å²) in [5.41, 5.74) is 2.86. The number of rotatable bonds is 3. The van der Waals surface area contributed by atoms with Crippen LogP contribution in [-0.2, 0) is 13.6 Å². The Kier molecular flexibility index (Phi) is 4.30. The number of aryl methyl sites for hydroxylation is 1. The number of aromatic nitrogens is 1. The second-order valence-corrected chi connectivity index (χ2v) is 5.96. The maximum atomic E-state index is 8.89.